The number of hydrogen-bond donors (Lipinski definition) is 3. The summed E-state index contributed by atoms with van der Waals surface area (Å²) < 4.78 is 5.38. The molecule has 1 aliphatic carbocycles. The predicted molar refractivity (Wildman–Crippen MR) is 130 cm³/mol. The molecule has 2 N–H and O–H groups in total. The number of H-pyrrole nitrogens is 1. The van der Waals surface area contributed by atoms with Crippen molar-refractivity contribution in [3.63, 3.8) is 0 Å². The lowest BCUT2D eigenvalue weighted by Gasteiger charge is -2.27. The van der Waals surface area contributed by atoms with Crippen LogP contribution in [0.5, 0.6) is 5.75 Å². The fourth-order valence-electron chi connectivity index (χ4n) is 4.56. The van der Waals surface area contributed by atoms with Crippen LogP contribution in [0.25, 0.3) is 11.4 Å². The van der Waals surface area contributed by atoms with E-state index in [1.54, 1.807) is 13.2 Å². The molecular weight excluding hydrogens is 424 g/mol. The number of fused-ring (bicyclic) bond motifs is 1. The van der Waals surface area contributed by atoms with Crippen LogP contribution >= 0.6 is 12.6 Å². The smallest absolute Gasteiger partial charge is 0.262 e. The van der Waals surface area contributed by atoms with Crippen molar-refractivity contribution >= 4 is 24.2 Å². The van der Waals surface area contributed by atoms with Crippen molar-refractivity contribution in [2.75, 3.05) is 27.2 Å². The third kappa shape index (κ3) is 5.08. The number of hydrogen-bond acceptors (Lipinski definition) is 7. The van der Waals surface area contributed by atoms with Gasteiger partial charge in [0, 0.05) is 23.9 Å². The summed E-state index contributed by atoms with van der Waals surface area (Å²) in [6.07, 6.45) is 7.85. The van der Waals surface area contributed by atoms with E-state index in [1.807, 2.05) is 12.1 Å². The summed E-state index contributed by atoms with van der Waals surface area (Å²) in [5.41, 5.74) is 2.25. The molecule has 0 unspecified atom stereocenters. The second-order valence-corrected chi connectivity index (χ2v) is 9.38. The average Bonchev–Trinajstić information content (AvgIpc) is 2.78. The zero-order valence-electron chi connectivity index (χ0n) is 18.8. The van der Waals surface area contributed by atoms with Gasteiger partial charge in [-0.05, 0) is 50.9 Å². The topological polar surface area (TPSA) is 90.8 Å². The van der Waals surface area contributed by atoms with Crippen LogP contribution in [-0.4, -0.2) is 59.0 Å². The molecule has 1 saturated heterocycles. The van der Waals surface area contributed by atoms with Crippen molar-refractivity contribution in [2.45, 2.75) is 55.9 Å². The lowest BCUT2D eigenvalue weighted by molar-refractivity contribution is 0.0943. The number of aliphatic imine (C=N–C) groups is 1. The van der Waals surface area contributed by atoms with E-state index >= 15 is 0 Å². The standard InChI is InChI=1S/C18H19N3O2S.C6H13NO/c1-23-13-9-11(24)7-8-12(13)16-20-17-14(18(22)21-16)15(19-17)10-5-3-2-4-6-10;1-7-4-2-6(8)3-5-7/h7-10,24H,2-6H2,1H3,(H,19,20,21,22);6,8H,2-5H2,1H3. The molecule has 1 aromatic heterocycles. The number of nitrogens with zero attached hydrogens (tertiary/aromatic N) is 3. The van der Waals surface area contributed by atoms with E-state index in [-0.39, 0.29) is 11.7 Å². The minimum Gasteiger partial charge on any atom is -0.496 e. The van der Waals surface area contributed by atoms with Gasteiger partial charge in [0.2, 0.25) is 0 Å². The Hall–Kier alpha value is -2.16. The summed E-state index contributed by atoms with van der Waals surface area (Å²) in [7, 11) is 3.68. The number of aromatic nitrogens is 2. The fraction of sp³-hybridized carbons (Fsp3) is 0.542. The molecule has 0 radical (unpaired) electrons. The number of ether oxygens (including phenoxy) is 1. The summed E-state index contributed by atoms with van der Waals surface area (Å²) >= 11 is 4.31. The lowest BCUT2D eigenvalue weighted by atomic mass is 9.82. The Balaban J connectivity index is 0.000000260. The number of aromatic amines is 1. The van der Waals surface area contributed by atoms with Gasteiger partial charge in [-0.3, -0.25) is 4.79 Å². The van der Waals surface area contributed by atoms with Crippen LogP contribution in [0, 0.1) is 5.92 Å². The van der Waals surface area contributed by atoms with Crippen molar-refractivity contribution < 1.29 is 9.84 Å². The van der Waals surface area contributed by atoms with E-state index in [4.69, 9.17) is 9.84 Å². The molecule has 2 fully saturated rings. The van der Waals surface area contributed by atoms with Gasteiger partial charge in [0.25, 0.3) is 5.56 Å². The molecule has 7 nitrogen and oxygen atoms in total. The molecule has 3 heterocycles. The molecule has 32 heavy (non-hydrogen) atoms. The van der Waals surface area contributed by atoms with Gasteiger partial charge in [0.1, 0.15) is 17.1 Å². The molecule has 5 rings (SSSR count). The Bertz CT molecular complexity index is 1030. The highest BCUT2D eigenvalue weighted by Crippen LogP contribution is 2.37. The molecule has 1 saturated carbocycles. The summed E-state index contributed by atoms with van der Waals surface area (Å²) in [6.45, 7) is 2.11. The second kappa shape index (κ2) is 10.2. The molecule has 0 spiro atoms. The molecule has 1 aromatic carbocycles. The van der Waals surface area contributed by atoms with Crippen LogP contribution < -0.4 is 10.3 Å². The Morgan fingerprint density at radius 2 is 1.88 bits per heavy atom. The monoisotopic (exact) mass is 456 g/mol. The first kappa shape index (κ1) is 23.0. The minimum atomic E-state index is -0.109. The van der Waals surface area contributed by atoms with E-state index in [0.29, 0.717) is 28.9 Å². The van der Waals surface area contributed by atoms with E-state index < -0.39 is 0 Å². The number of aliphatic hydroxyl groups excluding tert-OH is 1. The first-order valence-corrected chi connectivity index (χ1v) is 11.9. The molecule has 3 aliphatic rings. The maximum atomic E-state index is 12.6. The third-order valence-electron chi connectivity index (χ3n) is 6.50. The summed E-state index contributed by atoms with van der Waals surface area (Å²) in [5.74, 6) is 2.07. The largest absolute Gasteiger partial charge is 0.496 e. The van der Waals surface area contributed by atoms with Gasteiger partial charge in [-0.25, -0.2) is 9.98 Å². The molecule has 2 aromatic rings. The number of methoxy groups -OCH3 is 1. The van der Waals surface area contributed by atoms with E-state index in [2.05, 4.69) is 39.5 Å². The summed E-state index contributed by atoms with van der Waals surface area (Å²) in [6, 6.07) is 5.49. The van der Waals surface area contributed by atoms with Gasteiger partial charge in [0.15, 0.2) is 5.82 Å². The van der Waals surface area contributed by atoms with E-state index in [1.165, 1.54) is 19.3 Å². The van der Waals surface area contributed by atoms with Crippen molar-refractivity contribution in [3.8, 4) is 17.1 Å². The lowest BCUT2D eigenvalue weighted by Crippen LogP contribution is -2.32. The third-order valence-corrected chi connectivity index (χ3v) is 6.78. The average molecular weight is 457 g/mol. The molecule has 8 heteroatoms. The molecule has 2 aliphatic heterocycles. The maximum Gasteiger partial charge on any atom is 0.262 e. The Morgan fingerprint density at radius 1 is 1.16 bits per heavy atom. The Labute approximate surface area is 194 Å². The Kier molecular flexibility index (Phi) is 7.33. The molecular formula is C24H32N4O3S. The van der Waals surface area contributed by atoms with Gasteiger partial charge in [-0.2, -0.15) is 0 Å². The van der Waals surface area contributed by atoms with Crippen molar-refractivity contribution in [3.05, 3.63) is 34.1 Å². The second-order valence-electron chi connectivity index (χ2n) is 8.86. The number of likely N-dealkylation sites (tertiary alicyclic amines) is 1. The van der Waals surface area contributed by atoms with Crippen molar-refractivity contribution in [1.82, 2.24) is 14.9 Å². The predicted octanol–water partition coefficient (Wildman–Crippen LogP) is 3.82. The number of nitrogens with one attached hydrogen (secondary N) is 1. The Morgan fingerprint density at radius 3 is 2.50 bits per heavy atom. The van der Waals surface area contributed by atoms with Gasteiger partial charge >= 0.3 is 0 Å². The number of thiol groups is 1. The van der Waals surface area contributed by atoms with Crippen LogP contribution in [0.1, 0.15) is 50.5 Å². The zero-order valence-corrected chi connectivity index (χ0v) is 19.7. The van der Waals surface area contributed by atoms with Gasteiger partial charge < -0.3 is 19.7 Å². The van der Waals surface area contributed by atoms with Crippen LogP contribution in [0.3, 0.4) is 0 Å². The zero-order chi connectivity index (χ0) is 22.7. The number of aliphatic hydroxyl groups is 1. The minimum absolute atomic E-state index is 0.0220. The number of piperidine rings is 1. The maximum absolute atomic E-state index is 12.6. The highest BCUT2D eigenvalue weighted by atomic mass is 32.1. The van der Waals surface area contributed by atoms with Gasteiger partial charge in [-0.15, -0.1) is 12.6 Å². The number of rotatable bonds is 3. The fourth-order valence-corrected chi connectivity index (χ4v) is 4.75. The van der Waals surface area contributed by atoms with Gasteiger partial charge in [-0.1, -0.05) is 19.3 Å². The molecule has 0 amide bonds. The highest BCUT2D eigenvalue weighted by molar-refractivity contribution is 7.80. The first-order chi connectivity index (χ1) is 15.5. The quantitative estimate of drug-likeness (QED) is 0.611. The van der Waals surface area contributed by atoms with Crippen molar-refractivity contribution in [1.29, 1.82) is 0 Å². The van der Waals surface area contributed by atoms with Crippen molar-refractivity contribution in [2.24, 2.45) is 10.9 Å². The van der Waals surface area contributed by atoms with Crippen LogP contribution in [0.15, 0.2) is 32.9 Å². The van der Waals surface area contributed by atoms with Crippen LogP contribution in [0.2, 0.25) is 0 Å². The van der Waals surface area contributed by atoms with Gasteiger partial charge in [0.05, 0.1) is 24.5 Å². The first-order valence-electron chi connectivity index (χ1n) is 11.4. The molecule has 172 valence electrons. The highest BCUT2D eigenvalue weighted by Gasteiger charge is 2.32. The molecule has 0 atom stereocenters. The van der Waals surface area contributed by atoms with E-state index in [9.17, 15) is 4.79 Å². The van der Waals surface area contributed by atoms with Crippen LogP contribution in [-0.2, 0) is 0 Å². The summed E-state index contributed by atoms with van der Waals surface area (Å²) in [5, 5.41) is 9.00. The number of benzene rings is 1. The normalized spacial score (nSPS) is 19.3. The molecule has 0 bridgehead atoms. The van der Waals surface area contributed by atoms with E-state index in [0.717, 1.165) is 54.9 Å². The summed E-state index contributed by atoms with van der Waals surface area (Å²) in [4.78, 5) is 27.6. The SMILES string of the molecule is CN1CCC(O)CC1.COc1cc(S)ccc1-c1nc2c(c(=O)[nH]1)C(C1CCCCC1)=N2. The van der Waals surface area contributed by atoms with Crippen LogP contribution in [0.4, 0.5) is 5.82 Å².